The lowest BCUT2D eigenvalue weighted by atomic mass is 10.2. The molecule has 1 aliphatic rings. The van der Waals surface area contributed by atoms with Crippen molar-refractivity contribution in [3.05, 3.63) is 77.0 Å². The number of hydrogen-bond donors (Lipinski definition) is 0. The molecule has 0 aliphatic carbocycles. The van der Waals surface area contributed by atoms with Gasteiger partial charge in [-0.25, -0.2) is 0 Å². The van der Waals surface area contributed by atoms with Crippen molar-refractivity contribution in [2.24, 2.45) is 0 Å². The van der Waals surface area contributed by atoms with Crippen LogP contribution in [0.15, 0.2) is 71.5 Å². The second-order valence-electron chi connectivity index (χ2n) is 5.92. The van der Waals surface area contributed by atoms with Crippen molar-refractivity contribution in [2.45, 2.75) is 6.23 Å². The van der Waals surface area contributed by atoms with E-state index in [1.165, 1.54) is 0 Å². The van der Waals surface area contributed by atoms with Crippen molar-refractivity contribution in [1.29, 1.82) is 0 Å². The lowest BCUT2D eigenvalue weighted by Crippen LogP contribution is -2.23. The van der Waals surface area contributed by atoms with Crippen LogP contribution in [0.5, 0.6) is 5.75 Å². The van der Waals surface area contributed by atoms with E-state index in [1.807, 2.05) is 30.3 Å². The Balaban J connectivity index is 1.65. The Hall–Kier alpha value is -2.24. The molecule has 4 rings (SSSR count). The van der Waals surface area contributed by atoms with Gasteiger partial charge in [-0.3, -0.25) is 0 Å². The lowest BCUT2D eigenvalue weighted by Gasteiger charge is -2.26. The number of para-hydroxylation sites is 2. The third-order valence-electron chi connectivity index (χ3n) is 4.39. The van der Waals surface area contributed by atoms with Crippen LogP contribution in [0, 0.1) is 0 Å². The Morgan fingerprint density at radius 3 is 2.84 bits per heavy atom. The van der Waals surface area contributed by atoms with Crippen LogP contribution < -0.4 is 9.64 Å². The van der Waals surface area contributed by atoms with Crippen LogP contribution in [0.25, 0.3) is 5.69 Å². The summed E-state index contributed by atoms with van der Waals surface area (Å²) in [4.78, 5) is 2.25. The van der Waals surface area contributed by atoms with Gasteiger partial charge in [0.05, 0.1) is 19.4 Å². The molecule has 2 heterocycles. The predicted molar refractivity (Wildman–Crippen MR) is 103 cm³/mol. The average molecular weight is 399 g/mol. The van der Waals surface area contributed by atoms with E-state index in [4.69, 9.17) is 9.47 Å². The molecule has 3 aromatic rings. The fraction of sp³-hybridized carbons (Fsp3) is 0.200. The first-order chi connectivity index (χ1) is 12.3. The molecule has 5 heteroatoms. The standard InChI is InChI=1S/C20H19BrN2O2/c1-24-19-8-3-2-7-18(19)23-11-12-25-20(23)15-9-10-22(14-15)17-6-4-5-16(21)13-17/h2-10,13-14,20H,11-12H2,1H3/t20-/m1/s1. The SMILES string of the molecule is COc1ccccc1N1CCO[C@@H]1c1ccn(-c2cccc(Br)c2)c1. The summed E-state index contributed by atoms with van der Waals surface area (Å²) in [6, 6.07) is 18.4. The topological polar surface area (TPSA) is 26.6 Å². The number of hydrogen-bond acceptors (Lipinski definition) is 3. The van der Waals surface area contributed by atoms with Gasteiger partial charge in [0.25, 0.3) is 0 Å². The number of nitrogens with zero attached hydrogens (tertiary/aromatic N) is 2. The number of rotatable bonds is 4. The molecule has 1 atom stereocenters. The molecule has 0 radical (unpaired) electrons. The molecular formula is C20H19BrN2O2. The molecule has 0 bridgehead atoms. The first kappa shape index (κ1) is 16.2. The zero-order valence-electron chi connectivity index (χ0n) is 13.9. The van der Waals surface area contributed by atoms with E-state index in [0.29, 0.717) is 6.61 Å². The summed E-state index contributed by atoms with van der Waals surface area (Å²) >= 11 is 3.53. The Bertz CT molecular complexity index is 877. The van der Waals surface area contributed by atoms with Crippen LogP contribution in [-0.2, 0) is 4.74 Å². The average Bonchev–Trinajstić information content (AvgIpc) is 3.30. The van der Waals surface area contributed by atoms with Gasteiger partial charge < -0.3 is 18.9 Å². The molecule has 1 aliphatic heterocycles. The van der Waals surface area contributed by atoms with E-state index in [9.17, 15) is 0 Å². The van der Waals surface area contributed by atoms with E-state index >= 15 is 0 Å². The summed E-state index contributed by atoms with van der Waals surface area (Å²) in [5.74, 6) is 0.865. The van der Waals surface area contributed by atoms with E-state index in [2.05, 4.69) is 62.1 Å². The van der Waals surface area contributed by atoms with E-state index < -0.39 is 0 Å². The first-order valence-electron chi connectivity index (χ1n) is 8.21. The number of anilines is 1. The molecule has 0 amide bonds. The Morgan fingerprint density at radius 2 is 2.00 bits per heavy atom. The second-order valence-corrected chi connectivity index (χ2v) is 6.84. The third kappa shape index (κ3) is 3.17. The van der Waals surface area contributed by atoms with Gasteiger partial charge in [0.2, 0.25) is 0 Å². The Kier molecular flexibility index (Phi) is 4.51. The van der Waals surface area contributed by atoms with Gasteiger partial charge in [0, 0.05) is 34.7 Å². The zero-order valence-corrected chi connectivity index (χ0v) is 15.5. The largest absolute Gasteiger partial charge is 0.495 e. The highest BCUT2D eigenvalue weighted by molar-refractivity contribution is 9.10. The van der Waals surface area contributed by atoms with Crippen molar-refractivity contribution in [3.8, 4) is 11.4 Å². The molecule has 1 fully saturated rings. The highest BCUT2D eigenvalue weighted by Crippen LogP contribution is 2.37. The minimum Gasteiger partial charge on any atom is -0.495 e. The van der Waals surface area contributed by atoms with Crippen molar-refractivity contribution in [2.75, 3.05) is 25.2 Å². The zero-order chi connectivity index (χ0) is 17.2. The van der Waals surface area contributed by atoms with Crippen molar-refractivity contribution in [3.63, 3.8) is 0 Å². The molecule has 25 heavy (non-hydrogen) atoms. The monoisotopic (exact) mass is 398 g/mol. The van der Waals surface area contributed by atoms with E-state index in [-0.39, 0.29) is 6.23 Å². The molecule has 2 aromatic carbocycles. The normalized spacial score (nSPS) is 17.0. The van der Waals surface area contributed by atoms with Gasteiger partial charge in [-0.15, -0.1) is 0 Å². The van der Waals surface area contributed by atoms with Gasteiger partial charge in [0.1, 0.15) is 5.75 Å². The van der Waals surface area contributed by atoms with Crippen LogP contribution in [0.1, 0.15) is 11.8 Å². The number of methoxy groups -OCH3 is 1. The summed E-state index contributed by atoms with van der Waals surface area (Å²) in [6.07, 6.45) is 4.09. The Morgan fingerprint density at radius 1 is 1.12 bits per heavy atom. The van der Waals surface area contributed by atoms with Gasteiger partial charge >= 0.3 is 0 Å². The molecule has 0 saturated carbocycles. The van der Waals surface area contributed by atoms with Gasteiger partial charge in [0.15, 0.2) is 6.23 Å². The number of aromatic nitrogens is 1. The molecule has 0 spiro atoms. The van der Waals surface area contributed by atoms with Crippen molar-refractivity contribution in [1.82, 2.24) is 4.57 Å². The highest BCUT2D eigenvalue weighted by atomic mass is 79.9. The summed E-state index contributed by atoms with van der Waals surface area (Å²) in [5.41, 5.74) is 3.30. The molecule has 1 aromatic heterocycles. The molecule has 1 saturated heterocycles. The quantitative estimate of drug-likeness (QED) is 0.632. The van der Waals surface area contributed by atoms with E-state index in [0.717, 1.165) is 33.7 Å². The summed E-state index contributed by atoms with van der Waals surface area (Å²) in [5, 5.41) is 0. The fourth-order valence-electron chi connectivity index (χ4n) is 3.22. The minimum atomic E-state index is -0.107. The predicted octanol–water partition coefficient (Wildman–Crippen LogP) is 4.78. The summed E-state index contributed by atoms with van der Waals surface area (Å²) in [6.45, 7) is 1.54. The number of benzene rings is 2. The van der Waals surface area contributed by atoms with Crippen molar-refractivity contribution < 1.29 is 9.47 Å². The summed E-state index contributed by atoms with van der Waals surface area (Å²) < 4.78 is 14.7. The van der Waals surface area contributed by atoms with Gasteiger partial charge in [-0.1, -0.05) is 34.1 Å². The maximum absolute atomic E-state index is 6.03. The van der Waals surface area contributed by atoms with Gasteiger partial charge in [-0.05, 0) is 36.4 Å². The Labute approximate surface area is 155 Å². The number of ether oxygens (including phenoxy) is 2. The second kappa shape index (κ2) is 6.94. The van der Waals surface area contributed by atoms with E-state index in [1.54, 1.807) is 7.11 Å². The smallest absolute Gasteiger partial charge is 0.158 e. The molecule has 4 nitrogen and oxygen atoms in total. The molecule has 0 N–H and O–H groups in total. The first-order valence-corrected chi connectivity index (χ1v) is 9.00. The number of halogens is 1. The molecular weight excluding hydrogens is 380 g/mol. The van der Waals surface area contributed by atoms with Crippen LogP contribution in [0.2, 0.25) is 0 Å². The highest BCUT2D eigenvalue weighted by Gasteiger charge is 2.29. The maximum Gasteiger partial charge on any atom is 0.158 e. The minimum absolute atomic E-state index is 0.107. The van der Waals surface area contributed by atoms with Crippen LogP contribution in [0.4, 0.5) is 5.69 Å². The van der Waals surface area contributed by atoms with Crippen molar-refractivity contribution >= 4 is 21.6 Å². The molecule has 0 unspecified atom stereocenters. The third-order valence-corrected chi connectivity index (χ3v) is 4.89. The molecule has 128 valence electrons. The maximum atomic E-state index is 6.03. The van der Waals surface area contributed by atoms with Gasteiger partial charge in [-0.2, -0.15) is 0 Å². The van der Waals surface area contributed by atoms with Crippen LogP contribution in [0.3, 0.4) is 0 Å². The van der Waals surface area contributed by atoms with Crippen LogP contribution >= 0.6 is 15.9 Å². The lowest BCUT2D eigenvalue weighted by molar-refractivity contribution is 0.113. The fourth-order valence-corrected chi connectivity index (χ4v) is 3.60. The summed E-state index contributed by atoms with van der Waals surface area (Å²) in [7, 11) is 1.70. The van der Waals surface area contributed by atoms with Crippen LogP contribution in [-0.4, -0.2) is 24.8 Å².